The Morgan fingerprint density at radius 1 is 0.417 bits per heavy atom. The lowest BCUT2D eigenvalue weighted by atomic mass is 9.32. The van der Waals surface area contributed by atoms with E-state index in [1.54, 1.807) is 30.4 Å². The number of hydrogen-bond acceptors (Lipinski definition) is 2. The molecule has 0 aromatic heterocycles. The average molecular weight is 787 g/mol. The van der Waals surface area contributed by atoms with Crippen molar-refractivity contribution in [2.45, 2.75) is 94.8 Å². The zero-order valence-corrected chi connectivity index (χ0v) is 35.5. The summed E-state index contributed by atoms with van der Waals surface area (Å²) in [6, 6.07) is 30.3. The summed E-state index contributed by atoms with van der Waals surface area (Å²) in [5.74, 6) is 30.2. The van der Waals surface area contributed by atoms with Crippen LogP contribution in [0.4, 0.5) is 0 Å². The Balaban J connectivity index is 0.787. The molecule has 18 rings (SSSR count). The van der Waals surface area contributed by atoms with Gasteiger partial charge in [-0.3, -0.25) is 0 Å². The first-order chi connectivity index (χ1) is 29.4. The Bertz CT molecular complexity index is 2410. The number of methoxy groups -OCH3 is 1. The molecule has 0 heterocycles. The zero-order chi connectivity index (χ0) is 39.5. The summed E-state index contributed by atoms with van der Waals surface area (Å²) in [5.41, 5.74) is 8.91. The Morgan fingerprint density at radius 2 is 0.750 bits per heavy atom. The van der Waals surface area contributed by atoms with Gasteiger partial charge in [-0.25, -0.2) is 0 Å². The molecule has 0 amide bonds. The van der Waals surface area contributed by atoms with Crippen LogP contribution in [0.1, 0.15) is 116 Å². The van der Waals surface area contributed by atoms with E-state index in [-0.39, 0.29) is 10.8 Å². The number of ether oxygens (including phenoxy) is 2. The van der Waals surface area contributed by atoms with Crippen molar-refractivity contribution in [2.24, 2.45) is 82.9 Å². The van der Waals surface area contributed by atoms with Gasteiger partial charge in [0.2, 0.25) is 0 Å². The van der Waals surface area contributed by atoms with Gasteiger partial charge in [0.25, 0.3) is 0 Å². The van der Waals surface area contributed by atoms with Crippen molar-refractivity contribution in [3.63, 3.8) is 0 Å². The van der Waals surface area contributed by atoms with Gasteiger partial charge in [-0.15, -0.1) is 0 Å². The van der Waals surface area contributed by atoms with Crippen molar-refractivity contribution in [1.82, 2.24) is 0 Å². The number of rotatable bonds is 5. The molecule has 0 unspecified atom stereocenters. The van der Waals surface area contributed by atoms with E-state index < -0.39 is 0 Å². The van der Waals surface area contributed by atoms with Crippen molar-refractivity contribution in [3.8, 4) is 40.9 Å². The number of benzene rings is 4. The average Bonchev–Trinajstić information content (AvgIpc) is 3.29. The highest BCUT2D eigenvalue weighted by atomic mass is 16.5. The Morgan fingerprint density at radius 3 is 1.12 bits per heavy atom. The second-order valence-electron chi connectivity index (χ2n) is 22.5. The first-order valence-electron chi connectivity index (χ1n) is 24.1. The number of aryl methyl sites for hydroxylation is 1. The van der Waals surface area contributed by atoms with Crippen LogP contribution in [0.5, 0.6) is 17.2 Å². The third kappa shape index (κ3) is 5.04. The molecule has 14 fully saturated rings. The molecule has 0 atom stereocenters. The van der Waals surface area contributed by atoms with Crippen LogP contribution < -0.4 is 9.47 Å². The van der Waals surface area contributed by atoms with Gasteiger partial charge < -0.3 is 9.47 Å². The summed E-state index contributed by atoms with van der Waals surface area (Å²) in [4.78, 5) is 0. The van der Waals surface area contributed by atoms with Crippen molar-refractivity contribution in [2.75, 3.05) is 7.11 Å². The van der Waals surface area contributed by atoms with Gasteiger partial charge in [-0.05, 0) is 244 Å². The molecule has 4 aromatic carbocycles. The predicted molar refractivity (Wildman–Crippen MR) is 237 cm³/mol. The van der Waals surface area contributed by atoms with E-state index in [9.17, 15) is 0 Å². The van der Waals surface area contributed by atoms with Gasteiger partial charge in [-0.2, -0.15) is 0 Å². The highest BCUT2D eigenvalue weighted by Gasteiger charge is 2.70. The minimum atomic E-state index is 0.233. The van der Waals surface area contributed by atoms with Gasteiger partial charge in [0.15, 0.2) is 0 Å². The maximum atomic E-state index is 7.18. The van der Waals surface area contributed by atoms with E-state index in [1.807, 2.05) is 7.11 Å². The monoisotopic (exact) mass is 786 g/mol. The van der Waals surface area contributed by atoms with Gasteiger partial charge >= 0.3 is 0 Å². The molecular formula is C58H58O2. The lowest BCUT2D eigenvalue weighted by molar-refractivity contribution is -0.213. The minimum Gasteiger partial charge on any atom is -0.496 e. The number of hydrogen-bond donors (Lipinski definition) is 0. The van der Waals surface area contributed by atoms with Crippen LogP contribution in [0, 0.1) is 113 Å². The second-order valence-corrected chi connectivity index (χ2v) is 22.5. The normalized spacial score (nSPS) is 41.9. The molecule has 2 heteroatoms. The van der Waals surface area contributed by atoms with Crippen LogP contribution in [0.2, 0.25) is 0 Å². The van der Waals surface area contributed by atoms with Crippen LogP contribution in [0.25, 0.3) is 0 Å². The molecule has 0 aliphatic heterocycles. The van der Waals surface area contributed by atoms with E-state index in [4.69, 9.17) is 9.47 Å². The van der Waals surface area contributed by atoms with Crippen molar-refractivity contribution in [3.05, 3.63) is 124 Å². The van der Waals surface area contributed by atoms with Crippen molar-refractivity contribution < 1.29 is 9.47 Å². The van der Waals surface area contributed by atoms with Crippen molar-refractivity contribution in [1.29, 1.82) is 0 Å². The largest absolute Gasteiger partial charge is 0.496 e. The molecule has 0 saturated heterocycles. The minimum absolute atomic E-state index is 0.233. The summed E-state index contributed by atoms with van der Waals surface area (Å²) in [7, 11) is 1.94. The molecule has 14 aliphatic rings. The molecule has 4 aromatic rings. The van der Waals surface area contributed by atoms with Gasteiger partial charge in [-0.1, -0.05) is 41.4 Å². The maximum Gasteiger partial charge on any atom is 0.134 e. The van der Waals surface area contributed by atoms with Gasteiger partial charge in [0, 0.05) is 39.4 Å². The smallest absolute Gasteiger partial charge is 0.134 e. The molecule has 302 valence electrons. The van der Waals surface area contributed by atoms with Crippen LogP contribution in [0.15, 0.2) is 84.9 Å². The summed E-state index contributed by atoms with van der Waals surface area (Å²) in [6.45, 7) is 2.10. The summed E-state index contributed by atoms with van der Waals surface area (Å²) in [6.07, 6.45) is 17.6. The third-order valence-corrected chi connectivity index (χ3v) is 20.2. The molecule has 14 saturated carbocycles. The third-order valence-electron chi connectivity index (χ3n) is 20.2. The lowest BCUT2D eigenvalue weighted by Crippen LogP contribution is -2.66. The molecule has 16 bridgehead atoms. The van der Waals surface area contributed by atoms with E-state index in [0.717, 1.165) is 122 Å². The Hall–Kier alpha value is -4.40. The topological polar surface area (TPSA) is 18.5 Å². The predicted octanol–water partition coefficient (Wildman–Crippen LogP) is 12.5. The lowest BCUT2D eigenvalue weighted by Gasteiger charge is -2.73. The second kappa shape index (κ2) is 12.6. The highest BCUT2D eigenvalue weighted by Crippen LogP contribution is 2.77. The van der Waals surface area contributed by atoms with Gasteiger partial charge in [0.05, 0.1) is 7.11 Å². The summed E-state index contributed by atoms with van der Waals surface area (Å²) >= 11 is 0. The van der Waals surface area contributed by atoms with Crippen LogP contribution >= 0.6 is 0 Å². The standard InChI is InChI=1S/C58H58O2/c1-33-3-5-34(6-4-33)7-8-35-9-11-36(12-10-35)13-14-37-15-17-40(18-16-37)60-56-26-55(59-2)53(57-27-47-41-19-38-20-42(47)49(29-57)43(21-38)48(41)28-57)25-54(56)58-30-50-44-22-39-23-45(50)52(32-58)46(24-39)51(44)31-58/h3-6,9-12,15-18,25-26,38-39,41-52H,19-24,27-32H2,1-2H3. The van der Waals surface area contributed by atoms with Crippen LogP contribution in [0.3, 0.4) is 0 Å². The van der Waals surface area contributed by atoms with E-state index in [0.29, 0.717) is 0 Å². The van der Waals surface area contributed by atoms with Gasteiger partial charge in [0.1, 0.15) is 17.2 Å². The first kappa shape index (κ1) is 35.2. The Labute approximate surface area is 357 Å². The van der Waals surface area contributed by atoms with E-state index in [2.05, 4.69) is 116 Å². The highest BCUT2D eigenvalue weighted by molar-refractivity contribution is 5.56. The molecule has 2 nitrogen and oxygen atoms in total. The molecule has 0 spiro atoms. The fraction of sp³-hybridized carbons (Fsp3) is 0.517. The SMILES string of the molecule is COc1cc(Oc2ccc(C#Cc3ccc(C#Cc4ccc(C)cc4)cc3)cc2)c(C23CC4C5CC6CC4C(C2)C(C6)C5C3)cc1C12CC3C4CC5CC3C(C1)C(C5)C4C2. The fourth-order valence-corrected chi connectivity index (χ4v) is 18.4. The van der Waals surface area contributed by atoms with Crippen LogP contribution in [-0.2, 0) is 10.8 Å². The zero-order valence-electron chi connectivity index (χ0n) is 35.5. The maximum absolute atomic E-state index is 7.18. The first-order valence-corrected chi connectivity index (χ1v) is 24.1. The fourth-order valence-electron chi connectivity index (χ4n) is 18.4. The molecule has 60 heavy (non-hydrogen) atoms. The molecule has 0 radical (unpaired) electrons. The summed E-state index contributed by atoms with van der Waals surface area (Å²) < 4.78 is 13.7. The quantitative estimate of drug-likeness (QED) is 0.188. The van der Waals surface area contributed by atoms with Crippen molar-refractivity contribution >= 4 is 0 Å². The van der Waals surface area contributed by atoms with Crippen LogP contribution in [-0.4, -0.2) is 7.11 Å². The van der Waals surface area contributed by atoms with E-state index >= 15 is 0 Å². The molecule has 0 N–H and O–H groups in total. The Kier molecular flexibility index (Phi) is 7.39. The molecule has 14 aliphatic carbocycles. The van der Waals surface area contributed by atoms with E-state index in [1.165, 1.54) is 63.4 Å². The summed E-state index contributed by atoms with van der Waals surface area (Å²) in [5, 5.41) is 0. The molecular weight excluding hydrogens is 729 g/mol.